The van der Waals surface area contributed by atoms with Crippen LogP contribution in [0.2, 0.25) is 0 Å². The van der Waals surface area contributed by atoms with Crippen LogP contribution in [0, 0.1) is 5.92 Å². The van der Waals surface area contributed by atoms with Crippen LogP contribution < -0.4 is 0 Å². The minimum Gasteiger partial charge on any atom is -0.379 e. The summed E-state index contributed by atoms with van der Waals surface area (Å²) in [5, 5.41) is 1.11. The van der Waals surface area contributed by atoms with Crippen LogP contribution in [0.5, 0.6) is 0 Å². The van der Waals surface area contributed by atoms with Crippen LogP contribution in [0.3, 0.4) is 0 Å². The third-order valence-corrected chi connectivity index (χ3v) is 2.65. The van der Waals surface area contributed by atoms with Crippen molar-refractivity contribution >= 4 is 15.9 Å². The van der Waals surface area contributed by atoms with Gasteiger partial charge in [-0.05, 0) is 32.1 Å². The second-order valence-electron chi connectivity index (χ2n) is 3.46. The van der Waals surface area contributed by atoms with Gasteiger partial charge in [0, 0.05) is 11.9 Å². The van der Waals surface area contributed by atoms with Crippen molar-refractivity contribution in [2.45, 2.75) is 46.1 Å². The van der Waals surface area contributed by atoms with Crippen LogP contribution in [0.15, 0.2) is 0 Å². The summed E-state index contributed by atoms with van der Waals surface area (Å²) in [5.41, 5.74) is 0. The van der Waals surface area contributed by atoms with Gasteiger partial charge in [0.25, 0.3) is 0 Å². The Hall–Kier alpha value is 0.440. The summed E-state index contributed by atoms with van der Waals surface area (Å²) in [7, 11) is 0. The van der Waals surface area contributed by atoms with Gasteiger partial charge in [0.05, 0.1) is 6.10 Å². The smallest absolute Gasteiger partial charge is 0.0544 e. The van der Waals surface area contributed by atoms with Gasteiger partial charge in [-0.1, -0.05) is 29.8 Å². The molecule has 0 aliphatic carbocycles. The monoisotopic (exact) mass is 236 g/mol. The van der Waals surface area contributed by atoms with E-state index < -0.39 is 0 Å². The van der Waals surface area contributed by atoms with Gasteiger partial charge >= 0.3 is 0 Å². The average Bonchev–Trinajstić information content (AvgIpc) is 2.04. The first-order valence-corrected chi connectivity index (χ1v) is 6.00. The molecule has 0 aromatic heterocycles. The third kappa shape index (κ3) is 7.11. The molecule has 12 heavy (non-hydrogen) atoms. The predicted molar refractivity (Wildman–Crippen MR) is 57.9 cm³/mol. The van der Waals surface area contributed by atoms with Crippen molar-refractivity contribution < 1.29 is 4.74 Å². The van der Waals surface area contributed by atoms with E-state index in [-0.39, 0.29) is 0 Å². The van der Waals surface area contributed by atoms with Crippen LogP contribution in [-0.4, -0.2) is 18.0 Å². The second-order valence-corrected chi connectivity index (χ2v) is 4.25. The van der Waals surface area contributed by atoms with Crippen molar-refractivity contribution in [3.05, 3.63) is 0 Å². The zero-order valence-corrected chi connectivity index (χ0v) is 10.1. The summed E-state index contributed by atoms with van der Waals surface area (Å²) in [6.45, 7) is 7.49. The van der Waals surface area contributed by atoms with Gasteiger partial charge in [-0.2, -0.15) is 0 Å². The molecular formula is C10H21BrO. The van der Waals surface area contributed by atoms with E-state index in [1.807, 2.05) is 0 Å². The van der Waals surface area contributed by atoms with E-state index in [1.54, 1.807) is 0 Å². The van der Waals surface area contributed by atoms with Crippen molar-refractivity contribution in [1.29, 1.82) is 0 Å². The SMILES string of the molecule is CCC(C)OCCC(C)CCBr. The molecule has 0 radical (unpaired) electrons. The van der Waals surface area contributed by atoms with Gasteiger partial charge in [-0.15, -0.1) is 0 Å². The Bertz CT molecular complexity index is 95.8. The largest absolute Gasteiger partial charge is 0.379 e. The Kier molecular flexibility index (Phi) is 8.35. The van der Waals surface area contributed by atoms with Gasteiger partial charge in [-0.3, -0.25) is 0 Å². The predicted octanol–water partition coefficient (Wildman–Crippen LogP) is 3.61. The molecule has 0 aromatic rings. The summed E-state index contributed by atoms with van der Waals surface area (Å²) in [6, 6.07) is 0. The number of ether oxygens (including phenoxy) is 1. The molecule has 0 amide bonds. The van der Waals surface area contributed by atoms with Gasteiger partial charge in [-0.25, -0.2) is 0 Å². The minimum atomic E-state index is 0.432. The zero-order valence-electron chi connectivity index (χ0n) is 8.48. The first-order valence-electron chi connectivity index (χ1n) is 4.88. The lowest BCUT2D eigenvalue weighted by molar-refractivity contribution is 0.0552. The summed E-state index contributed by atoms with van der Waals surface area (Å²) < 4.78 is 5.59. The molecule has 0 spiro atoms. The number of alkyl halides is 1. The van der Waals surface area contributed by atoms with Crippen LogP contribution in [0.4, 0.5) is 0 Å². The molecule has 0 saturated heterocycles. The van der Waals surface area contributed by atoms with Crippen LogP contribution in [0.1, 0.15) is 40.0 Å². The van der Waals surface area contributed by atoms with Crippen LogP contribution >= 0.6 is 15.9 Å². The third-order valence-electron chi connectivity index (χ3n) is 2.19. The minimum absolute atomic E-state index is 0.432. The highest BCUT2D eigenvalue weighted by atomic mass is 79.9. The van der Waals surface area contributed by atoms with Crippen LogP contribution in [-0.2, 0) is 4.74 Å². The van der Waals surface area contributed by atoms with Gasteiger partial charge < -0.3 is 4.74 Å². The molecule has 74 valence electrons. The highest BCUT2D eigenvalue weighted by Gasteiger charge is 2.02. The van der Waals surface area contributed by atoms with Crippen molar-refractivity contribution in [2.24, 2.45) is 5.92 Å². The Labute approximate surface area is 85.0 Å². The molecule has 0 heterocycles. The highest BCUT2D eigenvalue weighted by molar-refractivity contribution is 9.09. The zero-order chi connectivity index (χ0) is 9.40. The summed E-state index contributed by atoms with van der Waals surface area (Å²) in [5.74, 6) is 0.786. The molecule has 2 unspecified atom stereocenters. The summed E-state index contributed by atoms with van der Waals surface area (Å²) >= 11 is 3.44. The van der Waals surface area contributed by atoms with Gasteiger partial charge in [0.1, 0.15) is 0 Å². The molecule has 0 bridgehead atoms. The van der Waals surface area contributed by atoms with Crippen molar-refractivity contribution in [2.75, 3.05) is 11.9 Å². The first-order chi connectivity index (χ1) is 5.70. The van der Waals surface area contributed by atoms with Gasteiger partial charge in [0.2, 0.25) is 0 Å². The molecule has 0 aromatic carbocycles. The maximum Gasteiger partial charge on any atom is 0.0544 e. The molecule has 0 aliphatic heterocycles. The van der Waals surface area contributed by atoms with E-state index in [9.17, 15) is 0 Å². The Balaban J connectivity index is 3.18. The normalized spacial score (nSPS) is 16.0. The lowest BCUT2D eigenvalue weighted by atomic mass is 10.1. The molecular weight excluding hydrogens is 216 g/mol. The Morgan fingerprint density at radius 1 is 1.25 bits per heavy atom. The van der Waals surface area contributed by atoms with E-state index in [4.69, 9.17) is 4.74 Å². The maximum absolute atomic E-state index is 5.59. The number of rotatable bonds is 7. The Morgan fingerprint density at radius 3 is 2.42 bits per heavy atom. The van der Waals surface area contributed by atoms with E-state index in [2.05, 4.69) is 36.7 Å². The molecule has 0 rings (SSSR count). The second kappa shape index (κ2) is 8.06. The molecule has 1 nitrogen and oxygen atoms in total. The maximum atomic E-state index is 5.59. The fraction of sp³-hybridized carbons (Fsp3) is 1.00. The highest BCUT2D eigenvalue weighted by Crippen LogP contribution is 2.10. The average molecular weight is 237 g/mol. The lowest BCUT2D eigenvalue weighted by Crippen LogP contribution is -2.10. The molecule has 2 heteroatoms. The number of hydrogen-bond donors (Lipinski definition) is 0. The molecule has 2 atom stereocenters. The van der Waals surface area contributed by atoms with Gasteiger partial charge in [0.15, 0.2) is 0 Å². The fourth-order valence-corrected chi connectivity index (χ4v) is 1.70. The molecule has 0 fully saturated rings. The van der Waals surface area contributed by atoms with Crippen LogP contribution in [0.25, 0.3) is 0 Å². The fourth-order valence-electron chi connectivity index (χ4n) is 0.919. The van der Waals surface area contributed by atoms with Crippen molar-refractivity contribution in [3.63, 3.8) is 0 Å². The van der Waals surface area contributed by atoms with Crippen molar-refractivity contribution in [1.82, 2.24) is 0 Å². The quantitative estimate of drug-likeness (QED) is 0.614. The first kappa shape index (κ1) is 12.4. The number of hydrogen-bond acceptors (Lipinski definition) is 1. The number of halogens is 1. The topological polar surface area (TPSA) is 9.23 Å². The summed E-state index contributed by atoms with van der Waals surface area (Å²) in [4.78, 5) is 0. The lowest BCUT2D eigenvalue weighted by Gasteiger charge is -2.13. The molecule has 0 aliphatic rings. The standard InChI is InChI=1S/C10H21BrO/c1-4-10(3)12-8-6-9(2)5-7-11/h9-10H,4-8H2,1-3H3. The van der Waals surface area contributed by atoms with E-state index in [0.29, 0.717) is 6.10 Å². The summed E-state index contributed by atoms with van der Waals surface area (Å²) in [6.07, 6.45) is 3.99. The van der Waals surface area contributed by atoms with E-state index >= 15 is 0 Å². The van der Waals surface area contributed by atoms with E-state index in [1.165, 1.54) is 12.8 Å². The van der Waals surface area contributed by atoms with Crippen molar-refractivity contribution in [3.8, 4) is 0 Å². The van der Waals surface area contributed by atoms with E-state index in [0.717, 1.165) is 24.3 Å². The molecule has 0 N–H and O–H groups in total. The Morgan fingerprint density at radius 2 is 1.92 bits per heavy atom. The molecule has 0 saturated carbocycles.